The Morgan fingerprint density at radius 1 is 1.39 bits per heavy atom. The number of aromatic nitrogens is 1. The van der Waals surface area contributed by atoms with E-state index in [9.17, 15) is 8.42 Å². The first kappa shape index (κ1) is 15.4. The minimum Gasteiger partial charge on any atom is -0.375 e. The lowest BCUT2D eigenvalue weighted by molar-refractivity contribution is 0.394. The maximum Gasteiger partial charge on any atom is 0.252 e. The van der Waals surface area contributed by atoms with Crippen LogP contribution in [0, 0.1) is 6.92 Å². The average molecular weight is 292 g/mol. The lowest BCUT2D eigenvalue weighted by Gasteiger charge is -2.09. The van der Waals surface area contributed by atoms with Gasteiger partial charge in [0, 0.05) is 6.54 Å². The zero-order chi connectivity index (χ0) is 13.8. The van der Waals surface area contributed by atoms with Gasteiger partial charge in [-0.05, 0) is 40.4 Å². The van der Waals surface area contributed by atoms with Crippen molar-refractivity contribution in [1.82, 2.24) is 14.6 Å². The Balaban J connectivity index is 2.48. The highest BCUT2D eigenvalue weighted by atomic mass is 32.2. The third kappa shape index (κ3) is 4.52. The summed E-state index contributed by atoms with van der Waals surface area (Å²) in [4.78, 5) is 5.99. The van der Waals surface area contributed by atoms with Crippen LogP contribution in [0.5, 0.6) is 0 Å². The highest BCUT2D eigenvalue weighted by Crippen LogP contribution is 2.24. The number of thiazole rings is 1. The van der Waals surface area contributed by atoms with E-state index in [0.717, 1.165) is 30.7 Å². The number of nitrogens with zero attached hydrogens (tertiary/aromatic N) is 2. The number of hydrogen-bond donors (Lipinski definition) is 2. The molecule has 0 aliphatic carbocycles. The van der Waals surface area contributed by atoms with E-state index >= 15 is 0 Å². The van der Waals surface area contributed by atoms with Crippen LogP contribution in [-0.2, 0) is 10.0 Å². The normalized spacial score (nSPS) is 12.2. The number of nitrogens with two attached hydrogens (primary N) is 1. The van der Waals surface area contributed by atoms with E-state index in [1.54, 1.807) is 6.92 Å². The van der Waals surface area contributed by atoms with Crippen molar-refractivity contribution in [1.29, 1.82) is 0 Å². The van der Waals surface area contributed by atoms with Gasteiger partial charge in [0.05, 0.1) is 5.69 Å². The summed E-state index contributed by atoms with van der Waals surface area (Å²) in [7, 11) is 0.529. The molecule has 1 rings (SSSR count). The van der Waals surface area contributed by atoms with Crippen molar-refractivity contribution in [3.63, 3.8) is 0 Å². The lowest BCUT2D eigenvalue weighted by Crippen LogP contribution is -2.25. The van der Waals surface area contributed by atoms with E-state index in [0.29, 0.717) is 12.2 Å². The molecule has 0 atom stereocenters. The molecule has 0 fully saturated rings. The maximum absolute atomic E-state index is 12.0. The second kappa shape index (κ2) is 6.46. The van der Waals surface area contributed by atoms with Gasteiger partial charge in [-0.25, -0.2) is 18.1 Å². The van der Waals surface area contributed by atoms with E-state index in [2.05, 4.69) is 14.6 Å². The van der Waals surface area contributed by atoms with Crippen molar-refractivity contribution in [3.05, 3.63) is 5.69 Å². The molecule has 0 saturated heterocycles. The summed E-state index contributed by atoms with van der Waals surface area (Å²) >= 11 is 0.998. The summed E-state index contributed by atoms with van der Waals surface area (Å²) in [5, 5.41) is 0.278. The molecule has 1 heterocycles. The molecule has 1 aromatic heterocycles. The summed E-state index contributed by atoms with van der Waals surface area (Å²) in [6, 6.07) is 0. The van der Waals surface area contributed by atoms with Gasteiger partial charge in [0.25, 0.3) is 10.0 Å². The van der Waals surface area contributed by atoms with E-state index in [1.165, 1.54) is 0 Å². The van der Waals surface area contributed by atoms with Crippen molar-refractivity contribution in [2.75, 3.05) is 32.9 Å². The van der Waals surface area contributed by atoms with Crippen LogP contribution in [0.1, 0.15) is 18.5 Å². The van der Waals surface area contributed by atoms with Gasteiger partial charge in [-0.15, -0.1) is 0 Å². The smallest absolute Gasteiger partial charge is 0.252 e. The van der Waals surface area contributed by atoms with E-state index in [4.69, 9.17) is 5.73 Å². The quantitative estimate of drug-likeness (QED) is 0.721. The largest absolute Gasteiger partial charge is 0.375 e. The fourth-order valence-electron chi connectivity index (χ4n) is 1.48. The highest BCUT2D eigenvalue weighted by Gasteiger charge is 2.20. The first-order valence-corrected chi connectivity index (χ1v) is 8.00. The molecule has 0 aliphatic rings. The molecule has 0 aromatic carbocycles. The number of unbranched alkanes of at least 4 members (excludes halogenated alkanes) is 1. The zero-order valence-corrected chi connectivity index (χ0v) is 12.6. The van der Waals surface area contributed by atoms with Crippen molar-refractivity contribution in [3.8, 4) is 0 Å². The van der Waals surface area contributed by atoms with Gasteiger partial charge >= 0.3 is 0 Å². The predicted octanol–water partition coefficient (Wildman–Crippen LogP) is 0.654. The minimum absolute atomic E-state index is 0.215. The van der Waals surface area contributed by atoms with Gasteiger partial charge in [-0.1, -0.05) is 11.3 Å². The highest BCUT2D eigenvalue weighted by molar-refractivity contribution is 7.91. The molecular formula is C10H20N4O2S2. The number of anilines is 1. The van der Waals surface area contributed by atoms with Crippen molar-refractivity contribution in [2.45, 2.75) is 24.0 Å². The molecule has 6 nitrogen and oxygen atoms in total. The third-order valence-electron chi connectivity index (χ3n) is 2.34. The van der Waals surface area contributed by atoms with E-state index < -0.39 is 10.0 Å². The number of aryl methyl sites for hydroxylation is 1. The minimum atomic E-state index is -3.46. The molecule has 8 heteroatoms. The molecular weight excluding hydrogens is 272 g/mol. The third-order valence-corrected chi connectivity index (χ3v) is 5.40. The van der Waals surface area contributed by atoms with Crippen LogP contribution in [-0.4, -0.2) is 45.5 Å². The van der Waals surface area contributed by atoms with Crippen molar-refractivity contribution >= 4 is 26.5 Å². The molecule has 0 unspecified atom stereocenters. The SMILES string of the molecule is Cc1nc(N)sc1S(=O)(=O)NCCCCN(C)C. The molecule has 0 radical (unpaired) electrons. The van der Waals surface area contributed by atoms with Crippen molar-refractivity contribution in [2.24, 2.45) is 0 Å². The molecule has 0 spiro atoms. The molecule has 0 amide bonds. The standard InChI is InChI=1S/C10H20N4O2S2/c1-8-9(17-10(11)13-8)18(15,16)12-6-4-5-7-14(2)3/h12H,4-7H2,1-3H3,(H2,11,13). The Morgan fingerprint density at radius 2 is 2.06 bits per heavy atom. The Bertz CT molecular complexity index is 482. The van der Waals surface area contributed by atoms with Gasteiger partial charge in [-0.3, -0.25) is 0 Å². The number of rotatable bonds is 7. The Hall–Kier alpha value is -0.700. The molecule has 0 aliphatic heterocycles. The van der Waals surface area contributed by atoms with Gasteiger partial charge in [-0.2, -0.15) is 0 Å². The summed E-state index contributed by atoms with van der Waals surface area (Å²) in [5.74, 6) is 0. The summed E-state index contributed by atoms with van der Waals surface area (Å²) in [6.45, 7) is 3.04. The monoisotopic (exact) mass is 292 g/mol. The summed E-state index contributed by atoms with van der Waals surface area (Å²) in [5.41, 5.74) is 5.95. The van der Waals surface area contributed by atoms with Crippen LogP contribution in [0.2, 0.25) is 0 Å². The van der Waals surface area contributed by atoms with Crippen LogP contribution < -0.4 is 10.5 Å². The van der Waals surface area contributed by atoms with Crippen LogP contribution in [0.4, 0.5) is 5.13 Å². The van der Waals surface area contributed by atoms with Crippen molar-refractivity contribution < 1.29 is 8.42 Å². The Morgan fingerprint density at radius 3 is 2.56 bits per heavy atom. The zero-order valence-electron chi connectivity index (χ0n) is 10.9. The van der Waals surface area contributed by atoms with Gasteiger partial charge in [0.1, 0.15) is 0 Å². The van der Waals surface area contributed by atoms with Crippen LogP contribution in [0.25, 0.3) is 0 Å². The van der Waals surface area contributed by atoms with Crippen LogP contribution in [0.3, 0.4) is 0 Å². The summed E-state index contributed by atoms with van der Waals surface area (Å²) in [6.07, 6.45) is 1.77. The van der Waals surface area contributed by atoms with Gasteiger partial charge in [0.2, 0.25) is 0 Å². The molecule has 0 bridgehead atoms. The lowest BCUT2D eigenvalue weighted by atomic mass is 10.3. The second-order valence-electron chi connectivity index (χ2n) is 4.33. The van der Waals surface area contributed by atoms with E-state index in [-0.39, 0.29) is 9.34 Å². The average Bonchev–Trinajstić information content (AvgIpc) is 2.57. The molecule has 0 saturated carbocycles. The number of hydrogen-bond acceptors (Lipinski definition) is 6. The van der Waals surface area contributed by atoms with Gasteiger partial charge in [0.15, 0.2) is 9.34 Å². The second-order valence-corrected chi connectivity index (χ2v) is 7.33. The Kier molecular flexibility index (Phi) is 5.51. The number of sulfonamides is 1. The topological polar surface area (TPSA) is 88.3 Å². The molecule has 18 heavy (non-hydrogen) atoms. The summed E-state index contributed by atoms with van der Waals surface area (Å²) < 4.78 is 26.7. The molecule has 104 valence electrons. The fraction of sp³-hybridized carbons (Fsp3) is 0.700. The molecule has 1 aromatic rings. The molecule has 3 N–H and O–H groups in total. The maximum atomic E-state index is 12.0. The van der Waals surface area contributed by atoms with Crippen LogP contribution in [0.15, 0.2) is 4.21 Å². The van der Waals surface area contributed by atoms with Crippen LogP contribution >= 0.6 is 11.3 Å². The van der Waals surface area contributed by atoms with Gasteiger partial charge < -0.3 is 10.6 Å². The van der Waals surface area contributed by atoms with E-state index in [1.807, 2.05) is 14.1 Å². The first-order valence-electron chi connectivity index (χ1n) is 5.70. The first-order chi connectivity index (χ1) is 8.33. The fourth-order valence-corrected chi connectivity index (χ4v) is 3.89. The Labute approximate surface area is 112 Å². The number of nitrogens with one attached hydrogen (secondary N) is 1. The predicted molar refractivity (Wildman–Crippen MR) is 74.2 cm³/mol. The number of nitrogen functional groups attached to an aromatic ring is 1.